The van der Waals surface area contributed by atoms with Crippen LogP contribution in [-0.4, -0.2) is 64.1 Å². The number of anilines is 1. The van der Waals surface area contributed by atoms with Crippen LogP contribution in [0.4, 0.5) is 5.82 Å². The van der Waals surface area contributed by atoms with Gasteiger partial charge in [0, 0.05) is 37.2 Å². The van der Waals surface area contributed by atoms with Crippen molar-refractivity contribution in [3.05, 3.63) is 76.7 Å². The lowest BCUT2D eigenvalue weighted by Crippen LogP contribution is -2.37. The first kappa shape index (κ1) is 24.9. The molecule has 0 spiro atoms. The fourth-order valence-electron chi connectivity index (χ4n) is 4.85. The average Bonchev–Trinajstić information content (AvgIpc) is 3.30. The molecule has 1 aliphatic rings. The van der Waals surface area contributed by atoms with Crippen LogP contribution in [0, 0.1) is 6.92 Å². The number of nitrogens with two attached hydrogens (primary N) is 1. The van der Waals surface area contributed by atoms with Crippen molar-refractivity contribution in [2.24, 2.45) is 0 Å². The zero-order valence-electron chi connectivity index (χ0n) is 21.7. The van der Waals surface area contributed by atoms with Crippen LogP contribution < -0.4 is 20.8 Å². The summed E-state index contributed by atoms with van der Waals surface area (Å²) >= 11 is 0. The molecule has 0 amide bonds. The van der Waals surface area contributed by atoms with Crippen molar-refractivity contribution in [2.45, 2.75) is 13.3 Å². The average molecular weight is 527 g/mol. The molecule has 0 radical (unpaired) electrons. The van der Waals surface area contributed by atoms with E-state index >= 15 is 0 Å². The molecule has 10 nitrogen and oxygen atoms in total. The molecule has 0 bridgehead atoms. The number of hydrogen-bond acceptors (Lipinski definition) is 8. The van der Waals surface area contributed by atoms with Crippen molar-refractivity contribution in [3.8, 4) is 23.1 Å². The van der Waals surface area contributed by atoms with E-state index in [1.807, 2.05) is 61.5 Å². The first-order valence-electron chi connectivity index (χ1n) is 13.0. The number of benzene rings is 2. The predicted molar refractivity (Wildman–Crippen MR) is 150 cm³/mol. The van der Waals surface area contributed by atoms with Gasteiger partial charge >= 0.3 is 0 Å². The highest BCUT2D eigenvalue weighted by atomic mass is 16.5. The summed E-state index contributed by atoms with van der Waals surface area (Å²) in [7, 11) is 0. The number of pyridine rings is 2. The molecule has 1 fully saturated rings. The fourth-order valence-corrected chi connectivity index (χ4v) is 4.85. The van der Waals surface area contributed by atoms with E-state index in [1.165, 1.54) is 0 Å². The van der Waals surface area contributed by atoms with Gasteiger partial charge in [-0.05, 0) is 43.2 Å². The smallest absolute Gasteiger partial charge is 0.261 e. The van der Waals surface area contributed by atoms with Crippen molar-refractivity contribution in [1.29, 1.82) is 0 Å². The maximum Gasteiger partial charge on any atom is 0.261 e. The van der Waals surface area contributed by atoms with Crippen LogP contribution in [0.3, 0.4) is 0 Å². The summed E-state index contributed by atoms with van der Waals surface area (Å²) in [5.74, 6) is 2.09. The lowest BCUT2D eigenvalue weighted by atomic mass is 10.1. The van der Waals surface area contributed by atoms with Gasteiger partial charge in [-0.15, -0.1) is 0 Å². The minimum Gasteiger partial charge on any atom is -0.493 e. The first-order chi connectivity index (χ1) is 19.1. The molecule has 2 aromatic carbocycles. The predicted octanol–water partition coefficient (Wildman–Crippen LogP) is 4.05. The maximum absolute atomic E-state index is 13.1. The molecule has 39 heavy (non-hydrogen) atoms. The SMILES string of the molecule is Cc1cc(Oc2ccccc2)ncc1-n1nc2c(c1N)c(=O)[nH]c1cc(OCCCN3CCOCC3)ccc12. The standard InChI is InChI=1S/C29H30N6O4/c1-19-16-25(39-20-6-3-2-4-7-20)31-18-24(19)35-28(30)26-27(33-35)22-9-8-21(17-23(22)32-29(26)36)38-13-5-10-34-11-14-37-15-12-34/h2-4,6-9,16-18H,5,10-15,30H2,1H3,(H,32,36). The number of aromatic amines is 1. The zero-order chi connectivity index (χ0) is 26.8. The van der Waals surface area contributed by atoms with Crippen LogP contribution in [0.2, 0.25) is 0 Å². The zero-order valence-corrected chi connectivity index (χ0v) is 21.7. The molecule has 0 atom stereocenters. The van der Waals surface area contributed by atoms with Gasteiger partial charge in [-0.3, -0.25) is 9.69 Å². The summed E-state index contributed by atoms with van der Waals surface area (Å²) in [4.78, 5) is 22.8. The third-order valence-corrected chi connectivity index (χ3v) is 6.89. The molecular formula is C29H30N6O4. The molecule has 1 aliphatic heterocycles. The molecule has 3 N–H and O–H groups in total. The molecule has 5 aromatic rings. The van der Waals surface area contributed by atoms with Crippen molar-refractivity contribution in [2.75, 3.05) is 45.2 Å². The second kappa shape index (κ2) is 10.8. The van der Waals surface area contributed by atoms with Gasteiger partial charge in [-0.1, -0.05) is 18.2 Å². The Hall–Kier alpha value is -4.41. The highest BCUT2D eigenvalue weighted by Crippen LogP contribution is 2.30. The number of morpholine rings is 1. The monoisotopic (exact) mass is 526 g/mol. The number of hydrogen-bond donors (Lipinski definition) is 2. The molecular weight excluding hydrogens is 496 g/mol. The molecule has 3 aromatic heterocycles. The summed E-state index contributed by atoms with van der Waals surface area (Å²) in [5.41, 5.74) is 8.83. The van der Waals surface area contributed by atoms with Gasteiger partial charge in [-0.2, -0.15) is 5.10 Å². The Balaban J connectivity index is 1.25. The minimum atomic E-state index is -0.305. The summed E-state index contributed by atoms with van der Waals surface area (Å²) in [6.45, 7) is 6.99. The van der Waals surface area contributed by atoms with E-state index in [9.17, 15) is 4.79 Å². The fraction of sp³-hybridized carbons (Fsp3) is 0.276. The number of fused-ring (bicyclic) bond motifs is 3. The van der Waals surface area contributed by atoms with Gasteiger partial charge in [0.2, 0.25) is 5.88 Å². The largest absolute Gasteiger partial charge is 0.493 e. The Morgan fingerprint density at radius 3 is 2.69 bits per heavy atom. The highest BCUT2D eigenvalue weighted by Gasteiger charge is 2.19. The van der Waals surface area contributed by atoms with E-state index in [-0.39, 0.29) is 11.4 Å². The molecule has 200 valence electrons. The molecule has 6 rings (SSSR count). The van der Waals surface area contributed by atoms with Crippen molar-refractivity contribution in [1.82, 2.24) is 24.6 Å². The van der Waals surface area contributed by atoms with Crippen LogP contribution in [-0.2, 0) is 4.74 Å². The van der Waals surface area contributed by atoms with E-state index in [1.54, 1.807) is 10.9 Å². The van der Waals surface area contributed by atoms with Gasteiger partial charge in [0.1, 0.15) is 28.2 Å². The van der Waals surface area contributed by atoms with Crippen molar-refractivity contribution in [3.63, 3.8) is 0 Å². The summed E-state index contributed by atoms with van der Waals surface area (Å²) < 4.78 is 18.8. The van der Waals surface area contributed by atoms with Crippen LogP contribution in [0.1, 0.15) is 12.0 Å². The number of aromatic nitrogens is 4. The molecule has 1 saturated heterocycles. The normalized spacial score (nSPS) is 14.2. The quantitative estimate of drug-likeness (QED) is 0.291. The highest BCUT2D eigenvalue weighted by molar-refractivity contribution is 6.07. The van der Waals surface area contributed by atoms with Gasteiger partial charge in [0.05, 0.1) is 37.2 Å². The maximum atomic E-state index is 13.1. The van der Waals surface area contributed by atoms with Gasteiger partial charge in [0.25, 0.3) is 5.56 Å². The Labute approximate surface area is 224 Å². The summed E-state index contributed by atoms with van der Waals surface area (Å²) in [6.07, 6.45) is 2.56. The second-order valence-electron chi connectivity index (χ2n) is 9.56. The van der Waals surface area contributed by atoms with E-state index in [0.29, 0.717) is 46.1 Å². The Kier molecular flexibility index (Phi) is 6.87. The lowest BCUT2D eigenvalue weighted by Gasteiger charge is -2.26. The van der Waals surface area contributed by atoms with Crippen LogP contribution >= 0.6 is 0 Å². The lowest BCUT2D eigenvalue weighted by molar-refractivity contribution is 0.0358. The van der Waals surface area contributed by atoms with Gasteiger partial charge < -0.3 is 24.9 Å². The van der Waals surface area contributed by atoms with Crippen molar-refractivity contribution < 1.29 is 14.2 Å². The number of rotatable bonds is 8. The summed E-state index contributed by atoms with van der Waals surface area (Å²) in [5, 5.41) is 5.86. The first-order valence-corrected chi connectivity index (χ1v) is 13.0. The Morgan fingerprint density at radius 1 is 1.08 bits per heavy atom. The van der Waals surface area contributed by atoms with E-state index < -0.39 is 0 Å². The number of nitrogens with one attached hydrogen (secondary N) is 1. The van der Waals surface area contributed by atoms with E-state index in [2.05, 4.69) is 14.9 Å². The van der Waals surface area contributed by atoms with Crippen LogP contribution in [0.15, 0.2) is 65.6 Å². The number of H-pyrrole nitrogens is 1. The van der Waals surface area contributed by atoms with Crippen molar-refractivity contribution >= 4 is 27.6 Å². The topological polar surface area (TPSA) is 121 Å². The number of para-hydroxylation sites is 1. The van der Waals surface area contributed by atoms with Gasteiger partial charge in [0.15, 0.2) is 0 Å². The third kappa shape index (κ3) is 5.16. The second-order valence-corrected chi connectivity index (χ2v) is 9.56. The van der Waals surface area contributed by atoms with Crippen LogP contribution in [0.25, 0.3) is 27.5 Å². The number of nitrogens with zero attached hydrogens (tertiary/aromatic N) is 4. The molecule has 10 heteroatoms. The Morgan fingerprint density at radius 2 is 1.90 bits per heavy atom. The van der Waals surface area contributed by atoms with E-state index in [0.717, 1.165) is 50.2 Å². The minimum absolute atomic E-state index is 0.248. The van der Waals surface area contributed by atoms with Crippen LogP contribution in [0.5, 0.6) is 17.4 Å². The molecule has 0 saturated carbocycles. The Bertz CT molecular complexity index is 1670. The van der Waals surface area contributed by atoms with E-state index in [4.69, 9.17) is 25.0 Å². The summed E-state index contributed by atoms with van der Waals surface area (Å²) in [6, 6.07) is 16.9. The van der Waals surface area contributed by atoms with Gasteiger partial charge in [-0.25, -0.2) is 9.67 Å². The molecule has 0 unspecified atom stereocenters. The number of nitrogen functional groups attached to an aromatic ring is 1. The molecule has 0 aliphatic carbocycles. The third-order valence-electron chi connectivity index (χ3n) is 6.89. The number of aryl methyl sites for hydroxylation is 1. The molecule has 4 heterocycles. The number of ether oxygens (including phenoxy) is 3.